The van der Waals surface area contributed by atoms with E-state index in [0.29, 0.717) is 12.3 Å². The van der Waals surface area contributed by atoms with Crippen LogP contribution in [0.1, 0.15) is 44.9 Å². The summed E-state index contributed by atoms with van der Waals surface area (Å²) in [7, 11) is 0. The molecule has 1 aliphatic rings. The van der Waals surface area contributed by atoms with Gasteiger partial charge in [0.2, 0.25) is 0 Å². The van der Waals surface area contributed by atoms with Gasteiger partial charge in [-0.3, -0.25) is 4.79 Å². The van der Waals surface area contributed by atoms with Gasteiger partial charge >= 0.3 is 5.97 Å². The average molecular weight is 237 g/mol. The smallest absolute Gasteiger partial charge is 0.305 e. The van der Waals surface area contributed by atoms with Crippen LogP contribution in [-0.2, 0) is 23.4 Å². The van der Waals surface area contributed by atoms with Crippen LogP contribution >= 0.6 is 0 Å². The second-order valence-corrected chi connectivity index (χ2v) is 3.99. The van der Waals surface area contributed by atoms with Gasteiger partial charge in [0.1, 0.15) is 0 Å². The van der Waals surface area contributed by atoms with Crippen LogP contribution < -0.4 is 0 Å². The van der Waals surface area contributed by atoms with Crippen LogP contribution in [0.25, 0.3) is 0 Å². The molecular weight excluding hydrogens is 219 g/mol. The fourth-order valence-electron chi connectivity index (χ4n) is 2.09. The van der Waals surface area contributed by atoms with Crippen LogP contribution in [-0.4, -0.2) is 22.3 Å². The molecule has 81 valence electrons. The summed E-state index contributed by atoms with van der Waals surface area (Å²) in [6.45, 7) is 0. The Kier molecular flexibility index (Phi) is 7.33. The van der Waals surface area contributed by atoms with Crippen molar-refractivity contribution in [2.24, 2.45) is 5.92 Å². The average Bonchev–Trinajstić information content (AvgIpc) is 2.04. The number of aliphatic hydroxyl groups is 1. The molecule has 1 rings (SSSR count). The van der Waals surface area contributed by atoms with E-state index >= 15 is 0 Å². The molecule has 14 heavy (non-hydrogen) atoms. The van der Waals surface area contributed by atoms with Gasteiger partial charge in [-0.25, -0.2) is 0 Å². The number of hydrogen-bond acceptors (Lipinski definition) is 2. The van der Waals surface area contributed by atoms with Crippen molar-refractivity contribution in [1.82, 2.24) is 0 Å². The molecule has 2 N–H and O–H groups in total. The molecule has 0 aromatic carbocycles. The number of carboxylic acid groups (broad SMARTS) is 1. The Balaban J connectivity index is 0.00000169. The molecule has 0 aromatic rings. The van der Waals surface area contributed by atoms with Gasteiger partial charge in [0.25, 0.3) is 0 Å². The maximum atomic E-state index is 10.3. The summed E-state index contributed by atoms with van der Waals surface area (Å²) in [5, 5.41) is 17.8. The molecule has 0 amide bonds. The van der Waals surface area contributed by atoms with Crippen molar-refractivity contribution in [2.75, 3.05) is 0 Å². The van der Waals surface area contributed by atoms with E-state index in [1.54, 1.807) is 0 Å². The number of carboxylic acids is 1. The van der Waals surface area contributed by atoms with E-state index in [1.807, 2.05) is 0 Å². The van der Waals surface area contributed by atoms with Crippen molar-refractivity contribution in [3.8, 4) is 0 Å². The normalized spacial score (nSPS) is 19.8. The topological polar surface area (TPSA) is 57.5 Å². The predicted octanol–water partition coefficient (Wildman–Crippen LogP) is 1.79. The molecule has 1 atom stereocenters. The summed E-state index contributed by atoms with van der Waals surface area (Å²) in [4.78, 5) is 10.3. The minimum Gasteiger partial charge on any atom is -0.481 e. The molecule has 4 heteroatoms. The van der Waals surface area contributed by atoms with Crippen LogP contribution in [0.15, 0.2) is 0 Å². The first-order chi connectivity index (χ1) is 6.18. The Morgan fingerprint density at radius 1 is 1.29 bits per heavy atom. The number of rotatable bonds is 4. The first kappa shape index (κ1) is 14.0. The molecule has 0 heterocycles. The van der Waals surface area contributed by atoms with Crippen molar-refractivity contribution in [2.45, 2.75) is 51.0 Å². The molecule has 0 saturated heterocycles. The summed E-state index contributed by atoms with van der Waals surface area (Å²) in [6, 6.07) is 0. The molecule has 1 aliphatic carbocycles. The van der Waals surface area contributed by atoms with E-state index in [9.17, 15) is 9.90 Å². The molecule has 3 nitrogen and oxygen atoms in total. The molecule has 1 fully saturated rings. The summed E-state index contributed by atoms with van der Waals surface area (Å²) in [5.74, 6) is -0.341. The molecule has 1 unspecified atom stereocenters. The largest absolute Gasteiger partial charge is 0.481 e. The van der Waals surface area contributed by atoms with Crippen molar-refractivity contribution in [3.63, 3.8) is 0 Å². The molecular formula is C10H18O3V. The van der Waals surface area contributed by atoms with Crippen LogP contribution in [0.3, 0.4) is 0 Å². The number of carbonyl (C=O) groups is 1. The van der Waals surface area contributed by atoms with E-state index in [4.69, 9.17) is 5.11 Å². The standard InChI is InChI=1S/C10H18O3.V/c11-9(7-10(12)13)6-8-4-2-1-3-5-8;/h8-9,11H,1-7H2,(H,12,13);. The maximum Gasteiger partial charge on any atom is 0.305 e. The molecule has 0 bridgehead atoms. The Hall–Kier alpha value is 0.0144. The molecule has 0 spiro atoms. The first-order valence-corrected chi connectivity index (χ1v) is 5.08. The Bertz CT molecular complexity index is 167. The second-order valence-electron chi connectivity index (χ2n) is 3.99. The third-order valence-corrected chi connectivity index (χ3v) is 2.74. The van der Waals surface area contributed by atoms with Crippen molar-refractivity contribution in [3.05, 3.63) is 0 Å². The van der Waals surface area contributed by atoms with Crippen LogP contribution in [0.5, 0.6) is 0 Å². The molecule has 1 saturated carbocycles. The molecule has 1 radical (unpaired) electrons. The van der Waals surface area contributed by atoms with Gasteiger partial charge < -0.3 is 10.2 Å². The van der Waals surface area contributed by atoms with E-state index < -0.39 is 12.1 Å². The molecule has 0 aliphatic heterocycles. The maximum absolute atomic E-state index is 10.3. The zero-order valence-corrected chi connectivity index (χ0v) is 9.75. The van der Waals surface area contributed by atoms with E-state index in [2.05, 4.69) is 0 Å². The van der Waals surface area contributed by atoms with Gasteiger partial charge in [-0.15, -0.1) is 0 Å². The summed E-state index contributed by atoms with van der Waals surface area (Å²) in [5.41, 5.74) is 0. The quantitative estimate of drug-likeness (QED) is 0.783. The summed E-state index contributed by atoms with van der Waals surface area (Å²) >= 11 is 0. The van der Waals surface area contributed by atoms with Gasteiger partial charge in [0, 0.05) is 18.6 Å². The fraction of sp³-hybridized carbons (Fsp3) is 0.900. The predicted molar refractivity (Wildman–Crippen MR) is 49.5 cm³/mol. The SMILES string of the molecule is O=C(O)CC(O)CC1CCCCC1.[V]. The van der Waals surface area contributed by atoms with Crippen LogP contribution in [0.2, 0.25) is 0 Å². The van der Waals surface area contributed by atoms with Gasteiger partial charge in [0.05, 0.1) is 12.5 Å². The first-order valence-electron chi connectivity index (χ1n) is 5.08. The van der Waals surface area contributed by atoms with Crippen molar-refractivity contribution in [1.29, 1.82) is 0 Å². The van der Waals surface area contributed by atoms with Crippen molar-refractivity contribution < 1.29 is 33.6 Å². The minimum absolute atomic E-state index is 0. The van der Waals surface area contributed by atoms with Crippen LogP contribution in [0.4, 0.5) is 0 Å². The van der Waals surface area contributed by atoms with Crippen molar-refractivity contribution >= 4 is 5.97 Å². The Labute approximate surface area is 96.8 Å². The van der Waals surface area contributed by atoms with E-state index in [0.717, 1.165) is 12.8 Å². The Morgan fingerprint density at radius 3 is 2.36 bits per heavy atom. The third kappa shape index (κ3) is 5.68. The summed E-state index contributed by atoms with van der Waals surface area (Å²) in [6.07, 6.45) is 6.04. The number of aliphatic carboxylic acids is 1. The Morgan fingerprint density at radius 2 is 1.86 bits per heavy atom. The monoisotopic (exact) mass is 237 g/mol. The van der Waals surface area contributed by atoms with Crippen LogP contribution in [0, 0.1) is 5.92 Å². The zero-order chi connectivity index (χ0) is 9.68. The zero-order valence-electron chi connectivity index (χ0n) is 8.35. The van der Waals surface area contributed by atoms with Gasteiger partial charge in [-0.1, -0.05) is 32.1 Å². The number of hydrogen-bond donors (Lipinski definition) is 2. The second kappa shape index (κ2) is 7.33. The third-order valence-electron chi connectivity index (χ3n) is 2.74. The summed E-state index contributed by atoms with van der Waals surface area (Å²) < 4.78 is 0. The van der Waals surface area contributed by atoms with E-state index in [1.165, 1.54) is 19.3 Å². The van der Waals surface area contributed by atoms with Gasteiger partial charge in [0.15, 0.2) is 0 Å². The van der Waals surface area contributed by atoms with Gasteiger partial charge in [-0.2, -0.15) is 0 Å². The number of aliphatic hydroxyl groups excluding tert-OH is 1. The van der Waals surface area contributed by atoms with Gasteiger partial charge in [-0.05, 0) is 12.3 Å². The fourth-order valence-corrected chi connectivity index (χ4v) is 2.09. The molecule has 0 aromatic heterocycles. The van der Waals surface area contributed by atoms with E-state index in [-0.39, 0.29) is 25.0 Å². The minimum atomic E-state index is -0.900.